The minimum Gasteiger partial charge on any atom is -0.507 e. The number of hydrogen-bond donors (Lipinski definition) is 2. The summed E-state index contributed by atoms with van der Waals surface area (Å²) in [5, 5.41) is 19.9. The van der Waals surface area contributed by atoms with Crippen LogP contribution in [0.15, 0.2) is 21.6 Å². The predicted molar refractivity (Wildman–Crippen MR) is 92.4 cm³/mol. The van der Waals surface area contributed by atoms with Crippen molar-refractivity contribution in [1.29, 1.82) is 0 Å². The molecule has 21 heavy (non-hydrogen) atoms. The fraction of sp³-hybridized carbons (Fsp3) is 0.588. The van der Waals surface area contributed by atoms with Gasteiger partial charge in [-0.05, 0) is 23.0 Å². The fourth-order valence-corrected chi connectivity index (χ4v) is 2.48. The number of phenols is 1. The Balaban J connectivity index is 3.24. The molecule has 0 spiro atoms. The van der Waals surface area contributed by atoms with Crippen LogP contribution in [0.1, 0.15) is 52.7 Å². The van der Waals surface area contributed by atoms with Crippen LogP contribution in [0, 0.1) is 5.41 Å². The SMILES string of the molecule is CC(C)(C)c1cc(Br)cc(C=N[C@H](CO)C(C)(C)C)c1O. The Hall–Kier alpha value is -0.870. The molecule has 1 aromatic rings. The van der Waals surface area contributed by atoms with Gasteiger partial charge >= 0.3 is 0 Å². The van der Waals surface area contributed by atoms with Gasteiger partial charge in [-0.1, -0.05) is 57.5 Å². The lowest BCUT2D eigenvalue weighted by Gasteiger charge is -2.25. The molecule has 0 radical (unpaired) electrons. The summed E-state index contributed by atoms with van der Waals surface area (Å²) in [6, 6.07) is 3.57. The average Bonchev–Trinajstić information content (AvgIpc) is 2.30. The van der Waals surface area contributed by atoms with Gasteiger partial charge in [0.25, 0.3) is 0 Å². The lowest BCUT2D eigenvalue weighted by atomic mass is 9.85. The Morgan fingerprint density at radius 1 is 1.19 bits per heavy atom. The Morgan fingerprint density at radius 3 is 2.19 bits per heavy atom. The van der Waals surface area contributed by atoms with Gasteiger partial charge in [-0.15, -0.1) is 0 Å². The van der Waals surface area contributed by atoms with Crippen LogP contribution in [0.5, 0.6) is 5.75 Å². The van der Waals surface area contributed by atoms with Crippen molar-refractivity contribution in [2.24, 2.45) is 10.4 Å². The number of hydrogen-bond acceptors (Lipinski definition) is 3. The van der Waals surface area contributed by atoms with E-state index >= 15 is 0 Å². The van der Waals surface area contributed by atoms with E-state index in [0.717, 1.165) is 10.0 Å². The van der Waals surface area contributed by atoms with E-state index in [0.29, 0.717) is 5.56 Å². The van der Waals surface area contributed by atoms with Crippen molar-refractivity contribution < 1.29 is 10.2 Å². The molecule has 2 N–H and O–H groups in total. The second kappa shape index (κ2) is 6.49. The molecule has 0 heterocycles. The fourth-order valence-electron chi connectivity index (χ4n) is 2.01. The van der Waals surface area contributed by atoms with Crippen LogP contribution in [0.3, 0.4) is 0 Å². The van der Waals surface area contributed by atoms with Gasteiger partial charge in [-0.2, -0.15) is 0 Å². The first kappa shape index (κ1) is 18.2. The van der Waals surface area contributed by atoms with E-state index in [1.807, 2.05) is 32.9 Å². The van der Waals surface area contributed by atoms with E-state index < -0.39 is 0 Å². The molecule has 0 unspecified atom stereocenters. The van der Waals surface area contributed by atoms with E-state index in [1.54, 1.807) is 6.21 Å². The molecule has 3 nitrogen and oxygen atoms in total. The van der Waals surface area contributed by atoms with Crippen molar-refractivity contribution in [2.45, 2.75) is 53.0 Å². The summed E-state index contributed by atoms with van der Waals surface area (Å²) in [6.45, 7) is 12.3. The number of benzene rings is 1. The van der Waals surface area contributed by atoms with Crippen LogP contribution >= 0.6 is 15.9 Å². The standard InChI is InChI=1S/C17H26BrNO2/c1-16(2,3)13-8-12(18)7-11(15(13)21)9-19-14(10-20)17(4,5)6/h7-9,14,20-21H,10H2,1-6H3/t14-/m1/s1. The van der Waals surface area contributed by atoms with Gasteiger partial charge in [0, 0.05) is 21.8 Å². The summed E-state index contributed by atoms with van der Waals surface area (Å²) in [7, 11) is 0. The zero-order valence-corrected chi connectivity index (χ0v) is 15.3. The molecule has 0 saturated carbocycles. The minimum absolute atomic E-state index is 0.0130. The molecule has 0 saturated heterocycles. The average molecular weight is 356 g/mol. The Labute approximate surface area is 136 Å². The summed E-state index contributed by atoms with van der Waals surface area (Å²) in [4.78, 5) is 4.45. The molecule has 118 valence electrons. The quantitative estimate of drug-likeness (QED) is 0.795. The lowest BCUT2D eigenvalue weighted by molar-refractivity contribution is 0.191. The number of aliphatic hydroxyl groups excluding tert-OH is 1. The van der Waals surface area contributed by atoms with E-state index in [4.69, 9.17) is 0 Å². The minimum atomic E-state index is -0.200. The third-order valence-corrected chi connectivity index (χ3v) is 3.94. The van der Waals surface area contributed by atoms with Crippen molar-refractivity contribution in [2.75, 3.05) is 6.61 Å². The molecular weight excluding hydrogens is 330 g/mol. The van der Waals surface area contributed by atoms with Crippen molar-refractivity contribution in [1.82, 2.24) is 0 Å². The highest BCUT2D eigenvalue weighted by molar-refractivity contribution is 9.10. The summed E-state index contributed by atoms with van der Waals surface area (Å²) >= 11 is 3.48. The molecule has 1 atom stereocenters. The first-order valence-electron chi connectivity index (χ1n) is 7.14. The number of halogens is 1. The van der Waals surface area contributed by atoms with Crippen LogP contribution in [0.2, 0.25) is 0 Å². The Morgan fingerprint density at radius 2 is 1.76 bits per heavy atom. The van der Waals surface area contributed by atoms with Crippen molar-refractivity contribution in [3.63, 3.8) is 0 Å². The molecule has 0 fully saturated rings. The highest BCUT2D eigenvalue weighted by atomic mass is 79.9. The van der Waals surface area contributed by atoms with Crippen molar-refractivity contribution in [3.05, 3.63) is 27.7 Å². The van der Waals surface area contributed by atoms with Gasteiger partial charge in [-0.25, -0.2) is 0 Å². The van der Waals surface area contributed by atoms with Gasteiger partial charge in [0.2, 0.25) is 0 Å². The third-order valence-electron chi connectivity index (χ3n) is 3.48. The smallest absolute Gasteiger partial charge is 0.128 e. The molecule has 1 aromatic carbocycles. The van der Waals surface area contributed by atoms with E-state index in [2.05, 4.69) is 41.7 Å². The maximum Gasteiger partial charge on any atom is 0.128 e. The first-order valence-corrected chi connectivity index (χ1v) is 7.93. The monoisotopic (exact) mass is 355 g/mol. The van der Waals surface area contributed by atoms with Crippen LogP contribution in [-0.2, 0) is 5.41 Å². The second-order valence-electron chi connectivity index (χ2n) is 7.48. The van der Waals surface area contributed by atoms with Gasteiger partial charge in [0.1, 0.15) is 5.75 Å². The topological polar surface area (TPSA) is 52.8 Å². The van der Waals surface area contributed by atoms with E-state index in [1.165, 1.54) is 0 Å². The molecule has 0 aliphatic carbocycles. The predicted octanol–water partition coefficient (Wildman–Crippen LogP) is 4.28. The van der Waals surface area contributed by atoms with Crippen molar-refractivity contribution in [3.8, 4) is 5.75 Å². The normalized spacial score (nSPS) is 14.7. The largest absolute Gasteiger partial charge is 0.507 e. The number of aliphatic imine (C=N–C) groups is 1. The molecule has 0 amide bonds. The zero-order chi connectivity index (χ0) is 16.4. The van der Waals surface area contributed by atoms with Crippen molar-refractivity contribution >= 4 is 22.1 Å². The summed E-state index contributed by atoms with van der Waals surface area (Å²) in [5.41, 5.74) is 1.25. The summed E-state index contributed by atoms with van der Waals surface area (Å²) < 4.78 is 0.906. The van der Waals surface area contributed by atoms with E-state index in [-0.39, 0.29) is 29.2 Å². The van der Waals surface area contributed by atoms with Gasteiger partial charge in [0.15, 0.2) is 0 Å². The molecule has 0 aliphatic heterocycles. The number of phenolic OH excluding ortho intramolecular Hbond substituents is 1. The number of aliphatic hydroxyl groups is 1. The van der Waals surface area contributed by atoms with Gasteiger partial charge in [-0.3, -0.25) is 4.99 Å². The maximum atomic E-state index is 10.5. The van der Waals surface area contributed by atoms with E-state index in [9.17, 15) is 10.2 Å². The first-order chi connectivity index (χ1) is 9.46. The molecule has 0 aliphatic rings. The molecule has 0 bridgehead atoms. The van der Waals surface area contributed by atoms with Crippen LogP contribution in [0.25, 0.3) is 0 Å². The van der Waals surface area contributed by atoms with Crippen LogP contribution in [0.4, 0.5) is 0 Å². The molecular formula is C17H26BrNO2. The molecule has 4 heteroatoms. The van der Waals surface area contributed by atoms with Gasteiger partial charge in [0.05, 0.1) is 12.6 Å². The summed E-state index contributed by atoms with van der Waals surface area (Å²) in [6.07, 6.45) is 1.65. The van der Waals surface area contributed by atoms with Gasteiger partial charge < -0.3 is 10.2 Å². The summed E-state index contributed by atoms with van der Waals surface area (Å²) in [5.74, 6) is 0.250. The maximum absolute atomic E-state index is 10.5. The molecule has 0 aromatic heterocycles. The Bertz CT molecular complexity index is 525. The number of rotatable bonds is 3. The number of aromatic hydroxyl groups is 1. The zero-order valence-electron chi connectivity index (χ0n) is 13.7. The lowest BCUT2D eigenvalue weighted by Crippen LogP contribution is -2.28. The molecule has 1 rings (SSSR count). The Kier molecular flexibility index (Phi) is 5.62. The third kappa shape index (κ3) is 4.82. The second-order valence-corrected chi connectivity index (χ2v) is 8.40. The highest BCUT2D eigenvalue weighted by Crippen LogP contribution is 2.35. The van der Waals surface area contributed by atoms with Crippen LogP contribution in [-0.4, -0.2) is 29.1 Å². The highest BCUT2D eigenvalue weighted by Gasteiger charge is 2.23. The van der Waals surface area contributed by atoms with Crippen LogP contribution < -0.4 is 0 Å². The number of nitrogens with zero attached hydrogens (tertiary/aromatic N) is 1.